The highest BCUT2D eigenvalue weighted by Crippen LogP contribution is 2.25. The number of benzene rings is 1. The van der Waals surface area contributed by atoms with Crippen molar-refractivity contribution < 1.29 is 9.84 Å². The van der Waals surface area contributed by atoms with Gasteiger partial charge >= 0.3 is 0 Å². The number of aliphatic hydroxyl groups is 1. The van der Waals surface area contributed by atoms with Crippen molar-refractivity contribution in [3.63, 3.8) is 0 Å². The molecule has 0 fully saturated rings. The van der Waals surface area contributed by atoms with Crippen LogP contribution in [0.1, 0.15) is 4.88 Å². The predicted octanol–water partition coefficient (Wildman–Crippen LogP) is 4.15. The minimum Gasteiger partial charge on any atom is -0.389 e. The Morgan fingerprint density at radius 1 is 1.40 bits per heavy atom. The number of halogens is 2. The second kappa shape index (κ2) is 8.00. The maximum Gasteiger partial charge on any atom is 0.0945 e. The second-order valence-electron chi connectivity index (χ2n) is 4.25. The molecule has 0 saturated heterocycles. The summed E-state index contributed by atoms with van der Waals surface area (Å²) in [5.74, 6) is 0. The van der Waals surface area contributed by atoms with Crippen molar-refractivity contribution in [3.8, 4) is 0 Å². The molecule has 0 spiro atoms. The highest BCUT2D eigenvalue weighted by molar-refractivity contribution is 9.10. The smallest absolute Gasteiger partial charge is 0.0945 e. The van der Waals surface area contributed by atoms with Crippen LogP contribution >= 0.6 is 38.9 Å². The third kappa shape index (κ3) is 5.07. The number of hydrogen-bond donors (Lipinski definition) is 2. The molecule has 20 heavy (non-hydrogen) atoms. The zero-order chi connectivity index (χ0) is 14.4. The fourth-order valence-electron chi connectivity index (χ4n) is 1.61. The van der Waals surface area contributed by atoms with E-state index in [9.17, 15) is 5.11 Å². The average Bonchev–Trinajstić information content (AvgIpc) is 2.91. The summed E-state index contributed by atoms with van der Waals surface area (Å²) < 4.78 is 6.34. The van der Waals surface area contributed by atoms with Gasteiger partial charge in [0.25, 0.3) is 0 Å². The summed E-state index contributed by atoms with van der Waals surface area (Å²) in [6.07, 6.45) is -0.558. The third-order valence-corrected chi connectivity index (χ3v) is 4.34. The highest BCUT2D eigenvalue weighted by atomic mass is 79.9. The topological polar surface area (TPSA) is 41.5 Å². The summed E-state index contributed by atoms with van der Waals surface area (Å²) in [7, 11) is 0. The van der Waals surface area contributed by atoms with Crippen molar-refractivity contribution in [2.45, 2.75) is 12.7 Å². The Hall–Kier alpha value is -0.590. The van der Waals surface area contributed by atoms with E-state index >= 15 is 0 Å². The first-order chi connectivity index (χ1) is 9.65. The lowest BCUT2D eigenvalue weighted by atomic mass is 10.3. The van der Waals surface area contributed by atoms with Crippen LogP contribution in [0.5, 0.6) is 0 Å². The summed E-state index contributed by atoms with van der Waals surface area (Å²) in [5, 5.41) is 15.7. The van der Waals surface area contributed by atoms with E-state index in [-0.39, 0.29) is 0 Å². The molecule has 0 radical (unpaired) electrons. The molecule has 2 N–H and O–H groups in total. The average molecular weight is 377 g/mol. The van der Waals surface area contributed by atoms with E-state index in [2.05, 4.69) is 21.2 Å². The number of rotatable bonds is 7. The number of hydrogen-bond acceptors (Lipinski definition) is 4. The first kappa shape index (κ1) is 15.8. The van der Waals surface area contributed by atoms with Crippen LogP contribution in [0.3, 0.4) is 0 Å². The molecular weight excluding hydrogens is 362 g/mol. The van der Waals surface area contributed by atoms with E-state index in [4.69, 9.17) is 16.3 Å². The van der Waals surface area contributed by atoms with Gasteiger partial charge in [-0.25, -0.2) is 0 Å². The fraction of sp³-hybridized carbons (Fsp3) is 0.286. The van der Waals surface area contributed by atoms with Gasteiger partial charge in [0.05, 0.1) is 19.3 Å². The quantitative estimate of drug-likeness (QED) is 0.762. The van der Waals surface area contributed by atoms with E-state index in [1.807, 2.05) is 29.6 Å². The predicted molar refractivity (Wildman–Crippen MR) is 87.6 cm³/mol. The Kier molecular flexibility index (Phi) is 6.32. The Balaban J connectivity index is 1.70. The van der Waals surface area contributed by atoms with Crippen molar-refractivity contribution >= 4 is 44.6 Å². The molecule has 2 aromatic rings. The first-order valence-corrected chi connectivity index (χ1v) is 8.17. The Morgan fingerprint density at radius 2 is 2.25 bits per heavy atom. The van der Waals surface area contributed by atoms with Crippen LogP contribution in [-0.4, -0.2) is 24.4 Å². The minimum absolute atomic E-state index is 0.302. The van der Waals surface area contributed by atoms with Crippen LogP contribution in [-0.2, 0) is 11.3 Å². The van der Waals surface area contributed by atoms with E-state index < -0.39 is 6.10 Å². The summed E-state index contributed by atoms with van der Waals surface area (Å²) in [5.41, 5.74) is 0.895. The van der Waals surface area contributed by atoms with E-state index in [1.54, 1.807) is 17.4 Å². The Morgan fingerprint density at radius 3 is 2.95 bits per heavy atom. The number of thiophene rings is 1. The lowest BCUT2D eigenvalue weighted by molar-refractivity contribution is 0.0359. The van der Waals surface area contributed by atoms with Crippen LogP contribution < -0.4 is 5.32 Å². The summed E-state index contributed by atoms with van der Waals surface area (Å²) in [6, 6.07) is 9.48. The van der Waals surface area contributed by atoms with Crippen molar-refractivity contribution in [2.75, 3.05) is 18.5 Å². The molecule has 0 saturated carbocycles. The van der Waals surface area contributed by atoms with Gasteiger partial charge in [-0.2, -0.15) is 0 Å². The number of ether oxygens (including phenoxy) is 1. The number of aliphatic hydroxyl groups excluding tert-OH is 1. The Labute approximate surface area is 135 Å². The molecule has 1 aromatic heterocycles. The van der Waals surface area contributed by atoms with Gasteiger partial charge < -0.3 is 15.2 Å². The monoisotopic (exact) mass is 375 g/mol. The second-order valence-corrected chi connectivity index (χ2v) is 6.58. The molecule has 0 aliphatic heterocycles. The molecule has 0 aliphatic carbocycles. The zero-order valence-corrected chi connectivity index (χ0v) is 13.8. The lowest BCUT2D eigenvalue weighted by Gasteiger charge is -2.14. The maximum absolute atomic E-state index is 9.86. The molecule has 1 atom stereocenters. The van der Waals surface area contributed by atoms with Gasteiger partial charge in [0.2, 0.25) is 0 Å². The minimum atomic E-state index is -0.558. The third-order valence-electron chi connectivity index (χ3n) is 2.59. The van der Waals surface area contributed by atoms with Crippen LogP contribution in [0.25, 0.3) is 0 Å². The van der Waals surface area contributed by atoms with Crippen molar-refractivity contribution in [1.82, 2.24) is 0 Å². The summed E-state index contributed by atoms with van der Waals surface area (Å²) >= 11 is 10.9. The number of nitrogens with one attached hydrogen (secondary N) is 1. The Bertz CT molecular complexity index is 536. The molecule has 1 heterocycles. The highest BCUT2D eigenvalue weighted by Gasteiger charge is 2.06. The van der Waals surface area contributed by atoms with Gasteiger partial charge in [-0.15, -0.1) is 11.3 Å². The molecule has 1 aromatic carbocycles. The maximum atomic E-state index is 9.86. The normalized spacial score (nSPS) is 12.3. The fourth-order valence-corrected chi connectivity index (χ4v) is 3.07. The van der Waals surface area contributed by atoms with Crippen molar-refractivity contribution in [3.05, 3.63) is 50.1 Å². The molecule has 0 aliphatic rings. The standard InChI is InChI=1S/C14H15BrClNO2S/c15-13-6-10(16)3-4-14(13)17-7-11(18)8-19-9-12-2-1-5-20-12/h1-6,11,17-18H,7-9H2. The van der Waals surface area contributed by atoms with Crippen LogP contribution in [0.4, 0.5) is 5.69 Å². The van der Waals surface area contributed by atoms with Crippen molar-refractivity contribution in [2.24, 2.45) is 0 Å². The zero-order valence-electron chi connectivity index (χ0n) is 10.7. The first-order valence-electron chi connectivity index (χ1n) is 6.12. The van der Waals surface area contributed by atoms with Gasteiger partial charge in [0.1, 0.15) is 0 Å². The van der Waals surface area contributed by atoms with Gasteiger partial charge in [-0.1, -0.05) is 17.7 Å². The van der Waals surface area contributed by atoms with Gasteiger partial charge in [-0.05, 0) is 45.6 Å². The van der Waals surface area contributed by atoms with Gasteiger partial charge in [-0.3, -0.25) is 0 Å². The molecule has 108 valence electrons. The molecular formula is C14H15BrClNO2S. The number of anilines is 1. The SMILES string of the molecule is OC(CNc1ccc(Cl)cc1Br)COCc1cccs1. The van der Waals surface area contributed by atoms with Crippen molar-refractivity contribution in [1.29, 1.82) is 0 Å². The van der Waals surface area contributed by atoms with E-state index in [0.29, 0.717) is 24.8 Å². The largest absolute Gasteiger partial charge is 0.389 e. The molecule has 0 bridgehead atoms. The molecule has 6 heteroatoms. The summed E-state index contributed by atoms with van der Waals surface area (Å²) in [6.45, 7) is 1.26. The molecule has 2 rings (SSSR count). The molecule has 1 unspecified atom stereocenters. The van der Waals surface area contributed by atoms with Crippen LogP contribution in [0.2, 0.25) is 5.02 Å². The van der Waals surface area contributed by atoms with Gasteiger partial charge in [0, 0.05) is 26.6 Å². The van der Waals surface area contributed by atoms with E-state index in [0.717, 1.165) is 15.0 Å². The van der Waals surface area contributed by atoms with Gasteiger partial charge in [0.15, 0.2) is 0 Å². The van der Waals surface area contributed by atoms with Crippen LogP contribution in [0, 0.1) is 0 Å². The lowest BCUT2D eigenvalue weighted by Crippen LogP contribution is -2.24. The molecule has 3 nitrogen and oxygen atoms in total. The summed E-state index contributed by atoms with van der Waals surface area (Å²) in [4.78, 5) is 1.16. The molecule has 0 amide bonds. The van der Waals surface area contributed by atoms with Crippen LogP contribution in [0.15, 0.2) is 40.2 Å². The van der Waals surface area contributed by atoms with E-state index in [1.165, 1.54) is 0 Å².